The minimum atomic E-state index is -3.56. The van der Waals surface area contributed by atoms with E-state index in [1.54, 1.807) is 12.1 Å². The highest BCUT2D eigenvalue weighted by Gasteiger charge is 2.31. The molecule has 0 aliphatic carbocycles. The summed E-state index contributed by atoms with van der Waals surface area (Å²) in [6, 6.07) is 3.31. The van der Waals surface area contributed by atoms with Crippen LogP contribution < -0.4 is 5.73 Å². The number of hydrogen-bond acceptors (Lipinski definition) is 4. The summed E-state index contributed by atoms with van der Waals surface area (Å²) in [4.78, 5) is 2.39. The molecule has 1 aromatic rings. The first-order valence-corrected chi connectivity index (χ1v) is 9.36. The predicted molar refractivity (Wildman–Crippen MR) is 87.1 cm³/mol. The van der Waals surface area contributed by atoms with Crippen molar-refractivity contribution in [2.75, 3.05) is 38.5 Å². The summed E-state index contributed by atoms with van der Waals surface area (Å²) in [6.45, 7) is 5.52. The Morgan fingerprint density at radius 3 is 2.30 bits per heavy atom. The Balaban J connectivity index is 2.32. The first kappa shape index (κ1) is 16.2. The van der Waals surface area contributed by atoms with Crippen molar-refractivity contribution in [3.63, 3.8) is 0 Å². The zero-order valence-corrected chi connectivity index (χ0v) is 15.1. The fourth-order valence-electron chi connectivity index (χ4n) is 2.27. The molecule has 0 bridgehead atoms. The van der Waals surface area contributed by atoms with Crippen LogP contribution in [0.4, 0.5) is 5.69 Å². The molecule has 0 saturated carbocycles. The van der Waals surface area contributed by atoms with E-state index in [9.17, 15) is 8.42 Å². The summed E-state index contributed by atoms with van der Waals surface area (Å²) >= 11 is 6.60. The Labute approximate surface area is 136 Å². The summed E-state index contributed by atoms with van der Waals surface area (Å²) in [5, 5.41) is 0. The molecule has 2 N–H and O–H groups in total. The molecule has 0 spiro atoms. The summed E-state index contributed by atoms with van der Waals surface area (Å²) in [5.74, 6) is 0. The van der Waals surface area contributed by atoms with Crippen LogP contribution >= 0.6 is 31.9 Å². The molecule has 1 aliphatic heterocycles. The van der Waals surface area contributed by atoms with Gasteiger partial charge in [0.1, 0.15) is 4.90 Å². The lowest BCUT2D eigenvalue weighted by Gasteiger charge is -2.33. The van der Waals surface area contributed by atoms with Gasteiger partial charge in [-0.1, -0.05) is 22.9 Å². The van der Waals surface area contributed by atoms with Gasteiger partial charge in [-0.3, -0.25) is 0 Å². The molecule has 5 nitrogen and oxygen atoms in total. The number of rotatable bonds is 3. The van der Waals surface area contributed by atoms with Crippen LogP contribution in [0.2, 0.25) is 0 Å². The van der Waals surface area contributed by atoms with E-state index in [4.69, 9.17) is 5.73 Å². The maximum absolute atomic E-state index is 12.7. The van der Waals surface area contributed by atoms with E-state index in [0.29, 0.717) is 17.6 Å². The van der Waals surface area contributed by atoms with Crippen molar-refractivity contribution in [1.29, 1.82) is 0 Å². The predicted octanol–water partition coefficient (Wildman–Crippen LogP) is 2.12. The molecule has 2 rings (SSSR count). The summed E-state index contributed by atoms with van der Waals surface area (Å²) < 4.78 is 28.2. The van der Waals surface area contributed by atoms with Crippen molar-refractivity contribution in [3.05, 3.63) is 21.1 Å². The second-order valence-electron chi connectivity index (χ2n) is 4.64. The molecular weight excluding hydrogens is 410 g/mol. The molecule has 1 saturated heterocycles. The van der Waals surface area contributed by atoms with Gasteiger partial charge >= 0.3 is 0 Å². The van der Waals surface area contributed by atoms with E-state index in [1.807, 2.05) is 0 Å². The van der Waals surface area contributed by atoms with E-state index in [-0.39, 0.29) is 10.6 Å². The van der Waals surface area contributed by atoms with E-state index in [2.05, 4.69) is 43.7 Å². The highest BCUT2D eigenvalue weighted by Crippen LogP contribution is 2.33. The minimum absolute atomic E-state index is 0.158. The lowest BCUT2D eigenvalue weighted by molar-refractivity contribution is 0.196. The van der Waals surface area contributed by atoms with E-state index in [0.717, 1.165) is 24.1 Å². The SMILES string of the molecule is CCN1CCN(S(=O)(=O)c2c(N)cc(Br)cc2Br)CC1. The van der Waals surface area contributed by atoms with Gasteiger partial charge in [-0.15, -0.1) is 0 Å². The number of benzene rings is 1. The monoisotopic (exact) mass is 425 g/mol. The van der Waals surface area contributed by atoms with E-state index < -0.39 is 10.0 Å². The van der Waals surface area contributed by atoms with Crippen LogP contribution in [0.1, 0.15) is 6.92 Å². The van der Waals surface area contributed by atoms with Crippen molar-refractivity contribution < 1.29 is 8.42 Å². The van der Waals surface area contributed by atoms with Gasteiger partial charge in [0, 0.05) is 35.1 Å². The quantitative estimate of drug-likeness (QED) is 0.751. The summed E-state index contributed by atoms with van der Waals surface area (Å²) in [5.41, 5.74) is 6.15. The minimum Gasteiger partial charge on any atom is -0.398 e. The number of nitrogens with two attached hydrogens (primary N) is 1. The van der Waals surface area contributed by atoms with Crippen molar-refractivity contribution >= 4 is 47.6 Å². The zero-order chi connectivity index (χ0) is 14.9. The average molecular weight is 427 g/mol. The van der Waals surface area contributed by atoms with Crippen LogP contribution in [0.25, 0.3) is 0 Å². The number of sulfonamides is 1. The number of halogens is 2. The van der Waals surface area contributed by atoms with E-state index >= 15 is 0 Å². The van der Waals surface area contributed by atoms with Crippen LogP contribution in [0, 0.1) is 0 Å². The number of likely N-dealkylation sites (N-methyl/N-ethyl adjacent to an activating group) is 1. The number of nitrogens with zero attached hydrogens (tertiary/aromatic N) is 2. The molecule has 1 heterocycles. The van der Waals surface area contributed by atoms with Crippen LogP contribution in [0.5, 0.6) is 0 Å². The molecule has 1 aromatic carbocycles. The second kappa shape index (κ2) is 6.31. The first-order chi connectivity index (χ1) is 9.36. The molecule has 0 radical (unpaired) electrons. The van der Waals surface area contributed by atoms with Crippen molar-refractivity contribution in [1.82, 2.24) is 9.21 Å². The van der Waals surface area contributed by atoms with Crippen LogP contribution in [0.3, 0.4) is 0 Å². The van der Waals surface area contributed by atoms with Crippen molar-refractivity contribution in [3.8, 4) is 0 Å². The smallest absolute Gasteiger partial charge is 0.246 e. The molecule has 0 aromatic heterocycles. The van der Waals surface area contributed by atoms with Gasteiger partial charge in [0.15, 0.2) is 0 Å². The number of piperazine rings is 1. The largest absolute Gasteiger partial charge is 0.398 e. The van der Waals surface area contributed by atoms with Gasteiger partial charge in [-0.05, 0) is 34.6 Å². The third-order valence-corrected chi connectivity index (χ3v) is 6.78. The zero-order valence-electron chi connectivity index (χ0n) is 11.1. The third kappa shape index (κ3) is 3.19. The number of anilines is 1. The molecular formula is C12H17Br2N3O2S. The van der Waals surface area contributed by atoms with Gasteiger partial charge in [-0.25, -0.2) is 8.42 Å². The molecule has 1 fully saturated rings. The molecule has 8 heteroatoms. The van der Waals surface area contributed by atoms with Gasteiger partial charge < -0.3 is 10.6 Å². The Morgan fingerprint density at radius 2 is 1.80 bits per heavy atom. The van der Waals surface area contributed by atoms with Gasteiger partial charge in [0.05, 0.1) is 5.69 Å². The van der Waals surface area contributed by atoms with Crippen LogP contribution in [-0.2, 0) is 10.0 Å². The molecule has 0 unspecified atom stereocenters. The second-order valence-corrected chi connectivity index (χ2v) is 8.29. The molecule has 112 valence electrons. The Morgan fingerprint density at radius 1 is 1.20 bits per heavy atom. The maximum Gasteiger partial charge on any atom is 0.246 e. The Bertz CT molecular complexity index is 576. The van der Waals surface area contributed by atoms with Gasteiger partial charge in [-0.2, -0.15) is 4.31 Å². The summed E-state index contributed by atoms with van der Waals surface area (Å²) in [6.07, 6.45) is 0. The molecule has 20 heavy (non-hydrogen) atoms. The average Bonchev–Trinajstić information content (AvgIpc) is 2.37. The topological polar surface area (TPSA) is 66.6 Å². The number of nitrogen functional groups attached to an aromatic ring is 1. The van der Waals surface area contributed by atoms with Crippen LogP contribution in [0.15, 0.2) is 26.0 Å². The highest BCUT2D eigenvalue weighted by atomic mass is 79.9. The molecule has 0 amide bonds. The standard InChI is InChI=1S/C12H17Br2N3O2S/c1-2-16-3-5-17(6-4-16)20(18,19)12-10(14)7-9(13)8-11(12)15/h7-8H,2-6,15H2,1H3. The fraction of sp³-hybridized carbons (Fsp3) is 0.500. The molecule has 1 aliphatic rings. The lowest BCUT2D eigenvalue weighted by atomic mass is 10.3. The maximum atomic E-state index is 12.7. The normalized spacial score (nSPS) is 18.4. The Kier molecular flexibility index (Phi) is 5.12. The molecule has 0 atom stereocenters. The summed E-state index contributed by atoms with van der Waals surface area (Å²) in [7, 11) is -3.56. The Hall–Kier alpha value is -0.150. The lowest BCUT2D eigenvalue weighted by Crippen LogP contribution is -2.48. The van der Waals surface area contributed by atoms with Gasteiger partial charge in [0.2, 0.25) is 10.0 Å². The highest BCUT2D eigenvalue weighted by molar-refractivity contribution is 9.11. The fourth-order valence-corrected chi connectivity index (χ4v) is 5.70. The third-order valence-electron chi connectivity index (χ3n) is 3.41. The number of hydrogen-bond donors (Lipinski definition) is 1. The first-order valence-electron chi connectivity index (χ1n) is 6.33. The van der Waals surface area contributed by atoms with E-state index in [1.165, 1.54) is 4.31 Å². The van der Waals surface area contributed by atoms with Gasteiger partial charge in [0.25, 0.3) is 0 Å². The van der Waals surface area contributed by atoms with Crippen molar-refractivity contribution in [2.24, 2.45) is 0 Å². The van der Waals surface area contributed by atoms with Crippen LogP contribution in [-0.4, -0.2) is 50.3 Å². The van der Waals surface area contributed by atoms with Crippen molar-refractivity contribution in [2.45, 2.75) is 11.8 Å².